The summed E-state index contributed by atoms with van der Waals surface area (Å²) in [5, 5.41) is 17.9. The van der Waals surface area contributed by atoms with Crippen LogP contribution in [0.15, 0.2) is 0 Å². The van der Waals surface area contributed by atoms with Gasteiger partial charge in [0.1, 0.15) is 0 Å². The normalized spacial score (nSPS) is 5.50. The van der Waals surface area contributed by atoms with Gasteiger partial charge in [0.25, 0.3) is 0 Å². The van der Waals surface area contributed by atoms with Crippen LogP contribution in [-0.4, -0.2) is 11.9 Å². The Bertz CT molecular complexity index is 80.0. The minimum atomic E-state index is -2.19. The molecule has 0 amide bonds. The molecule has 0 aromatic carbocycles. The fraction of sp³-hybridized carbons (Fsp3) is 0. The van der Waals surface area contributed by atoms with E-state index in [0.717, 1.165) is 0 Å². The van der Waals surface area contributed by atoms with Crippen LogP contribution in [0, 0.1) is 0 Å². The second-order valence-corrected chi connectivity index (χ2v) is 0.575. The Morgan fingerprint density at radius 3 is 1.12 bits per heavy atom. The Balaban J connectivity index is -0.000000125. The van der Waals surface area contributed by atoms with Crippen molar-refractivity contribution in [3.63, 3.8) is 0 Å². The number of aliphatic carboxylic acids is 2. The molecule has 0 heterocycles. The second kappa shape index (κ2) is 6.42. The molecular weight excluding hydrogens is 158 g/mol. The largest absolute Gasteiger partial charge is 0.543 e. The average molecular weight is 162 g/mol. The van der Waals surface area contributed by atoms with Gasteiger partial charge in [-0.3, -0.25) is 0 Å². The van der Waals surface area contributed by atoms with Crippen molar-refractivity contribution in [1.82, 2.24) is 6.15 Å². The second-order valence-electron chi connectivity index (χ2n) is 0.575. The van der Waals surface area contributed by atoms with E-state index in [1.165, 1.54) is 0 Å². The van der Waals surface area contributed by atoms with Crippen molar-refractivity contribution in [3.8, 4) is 0 Å². The summed E-state index contributed by atoms with van der Waals surface area (Å²) >= 11 is 0. The van der Waals surface area contributed by atoms with Crippen molar-refractivity contribution in [2.75, 3.05) is 0 Å². The molecule has 0 aromatic rings. The molecule has 0 aliphatic rings. The Hall–Kier alpha value is -0.581. The monoisotopic (exact) mass is 162 g/mol. The zero-order valence-corrected chi connectivity index (χ0v) is 5.09. The van der Waals surface area contributed by atoms with Crippen molar-refractivity contribution in [2.24, 2.45) is 0 Å². The molecule has 0 fully saturated rings. The molecule has 0 unspecified atom stereocenters. The maximum Gasteiger partial charge on any atom is 0.0870 e. The molecule has 0 saturated heterocycles. The maximum absolute atomic E-state index is 8.93. The predicted octanol–water partition coefficient (Wildman–Crippen LogP) is -3.14. The average Bonchev–Trinajstić information content (AvgIpc) is 1.36. The Labute approximate surface area is 55.7 Å². The zero-order chi connectivity index (χ0) is 5.15. The van der Waals surface area contributed by atoms with Crippen LogP contribution in [0.4, 0.5) is 0 Å². The summed E-state index contributed by atoms with van der Waals surface area (Å²) in [6.07, 6.45) is 0. The Morgan fingerprint density at radius 1 is 1.00 bits per heavy atom. The van der Waals surface area contributed by atoms with Crippen LogP contribution in [0.25, 0.3) is 0 Å². The zero-order valence-electron chi connectivity index (χ0n) is 3.99. The fourth-order valence-electron chi connectivity index (χ4n) is 0. The molecule has 5 nitrogen and oxygen atoms in total. The van der Waals surface area contributed by atoms with Crippen molar-refractivity contribution in [3.05, 3.63) is 0 Å². The van der Waals surface area contributed by atoms with Crippen LogP contribution in [0.5, 0.6) is 0 Å². The van der Waals surface area contributed by atoms with Crippen LogP contribution in [0.2, 0.25) is 0 Å². The van der Waals surface area contributed by atoms with Gasteiger partial charge >= 0.3 is 0 Å². The summed E-state index contributed by atoms with van der Waals surface area (Å²) in [6.45, 7) is 0. The number of carboxylic acids is 2. The number of hydrogen-bond donors (Lipinski definition) is 1. The molecule has 0 spiro atoms. The fourth-order valence-corrected chi connectivity index (χ4v) is 0. The van der Waals surface area contributed by atoms with Gasteiger partial charge in [-0.05, 0) is 0 Å². The Morgan fingerprint density at radius 2 is 1.12 bits per heavy atom. The van der Waals surface area contributed by atoms with Crippen molar-refractivity contribution in [1.29, 1.82) is 0 Å². The van der Waals surface area contributed by atoms with Gasteiger partial charge in [0.05, 0.1) is 11.9 Å². The van der Waals surface area contributed by atoms with Gasteiger partial charge in [0.15, 0.2) is 0 Å². The third-order valence-electron chi connectivity index (χ3n) is 0.167. The van der Waals surface area contributed by atoms with Crippen LogP contribution in [-0.2, 0) is 26.7 Å². The van der Waals surface area contributed by atoms with Crippen LogP contribution < -0.4 is 16.4 Å². The molecule has 0 aromatic heterocycles. The van der Waals surface area contributed by atoms with E-state index in [4.69, 9.17) is 19.8 Å². The quantitative estimate of drug-likeness (QED) is 0.299. The van der Waals surface area contributed by atoms with Crippen LogP contribution in [0.3, 0.4) is 0 Å². The number of quaternary nitrogens is 1. The molecule has 0 aliphatic heterocycles. The topological polar surface area (TPSA) is 117 Å². The minimum Gasteiger partial charge on any atom is -0.543 e. The van der Waals surface area contributed by atoms with E-state index in [1.807, 2.05) is 0 Å². The van der Waals surface area contributed by atoms with Gasteiger partial charge in [-0.2, -0.15) is 0 Å². The molecule has 0 aliphatic carbocycles. The summed E-state index contributed by atoms with van der Waals surface area (Å²) in [5.74, 6) is -4.37. The third-order valence-corrected chi connectivity index (χ3v) is 0.167. The Kier molecular flexibility index (Phi) is 12.6. The summed E-state index contributed by atoms with van der Waals surface area (Å²) in [6, 6.07) is 0. The third kappa shape index (κ3) is 9.05. The standard InChI is InChI=1S/C2H2O4.Fe.H3N/c3-1(4)2(5)6;;/h(H,3,4)(H,5,6);;1H3/p-1. The molecule has 0 saturated carbocycles. The molecule has 6 heteroatoms. The predicted molar refractivity (Wildman–Crippen MR) is 16.0 cm³/mol. The molecule has 8 heavy (non-hydrogen) atoms. The van der Waals surface area contributed by atoms with Crippen molar-refractivity contribution < 1.29 is 36.9 Å². The summed E-state index contributed by atoms with van der Waals surface area (Å²) in [5.41, 5.74) is 0. The number of carbonyl (C=O) groups excluding carboxylic acids is 2. The first kappa shape index (κ1) is 15.7. The summed E-state index contributed by atoms with van der Waals surface area (Å²) in [4.78, 5) is 17.9. The van der Waals surface area contributed by atoms with Crippen LogP contribution in [0.1, 0.15) is 0 Å². The SMILES string of the molecule is O=C([O-])C(=O)[O-].[Fe].[NH4+]. The van der Waals surface area contributed by atoms with E-state index in [2.05, 4.69) is 0 Å². The molecular formula is C2H4FeNO4-. The first-order valence-electron chi connectivity index (χ1n) is 1.07. The molecule has 4 N–H and O–H groups in total. The first-order valence-corrected chi connectivity index (χ1v) is 1.07. The van der Waals surface area contributed by atoms with Gasteiger partial charge in [0, 0.05) is 17.1 Å². The van der Waals surface area contributed by atoms with E-state index >= 15 is 0 Å². The van der Waals surface area contributed by atoms with Crippen molar-refractivity contribution in [2.45, 2.75) is 0 Å². The van der Waals surface area contributed by atoms with E-state index in [9.17, 15) is 0 Å². The maximum atomic E-state index is 8.93. The molecule has 0 bridgehead atoms. The van der Waals surface area contributed by atoms with Gasteiger partial charge in [-0.25, -0.2) is 0 Å². The van der Waals surface area contributed by atoms with Gasteiger partial charge in [-0.1, -0.05) is 0 Å². The number of rotatable bonds is 0. The molecule has 0 rings (SSSR count). The number of carbonyl (C=O) groups is 2. The van der Waals surface area contributed by atoms with E-state index in [-0.39, 0.29) is 23.2 Å². The molecule has 0 atom stereocenters. The van der Waals surface area contributed by atoms with E-state index in [0.29, 0.717) is 0 Å². The summed E-state index contributed by atoms with van der Waals surface area (Å²) in [7, 11) is 0. The van der Waals surface area contributed by atoms with Gasteiger partial charge in [0.2, 0.25) is 0 Å². The van der Waals surface area contributed by atoms with Crippen molar-refractivity contribution >= 4 is 11.9 Å². The number of carboxylic acid groups (broad SMARTS) is 2. The van der Waals surface area contributed by atoms with Gasteiger partial charge in [-0.15, -0.1) is 0 Å². The summed E-state index contributed by atoms with van der Waals surface area (Å²) < 4.78 is 0. The smallest absolute Gasteiger partial charge is 0.0870 e. The van der Waals surface area contributed by atoms with Crippen LogP contribution >= 0.6 is 0 Å². The van der Waals surface area contributed by atoms with E-state index in [1.54, 1.807) is 0 Å². The number of hydrogen-bond acceptors (Lipinski definition) is 4. The minimum absolute atomic E-state index is 0. The van der Waals surface area contributed by atoms with E-state index < -0.39 is 11.9 Å². The van der Waals surface area contributed by atoms with Gasteiger partial charge < -0.3 is 26.0 Å². The molecule has 50 valence electrons. The first-order chi connectivity index (χ1) is 2.64. The molecule has 0 radical (unpaired) electrons.